The van der Waals surface area contributed by atoms with Crippen LogP contribution in [0.4, 0.5) is 10.5 Å². The molecular weight excluding hydrogens is 362 g/mol. The van der Waals surface area contributed by atoms with Gasteiger partial charge in [-0.05, 0) is 55.9 Å². The van der Waals surface area contributed by atoms with E-state index < -0.39 is 0 Å². The number of ether oxygens (including phenoxy) is 1. The molecule has 0 radical (unpaired) electrons. The largest absolute Gasteiger partial charge is 0.379 e. The van der Waals surface area contributed by atoms with Crippen LogP contribution in [-0.2, 0) is 4.74 Å². The van der Waals surface area contributed by atoms with Gasteiger partial charge in [-0.25, -0.2) is 4.79 Å². The maximum atomic E-state index is 12.9. The molecule has 2 amide bonds. The van der Waals surface area contributed by atoms with Crippen molar-refractivity contribution in [1.82, 2.24) is 9.80 Å². The molecule has 1 fully saturated rings. The molecule has 27 heavy (non-hydrogen) atoms. The van der Waals surface area contributed by atoms with E-state index in [2.05, 4.69) is 22.4 Å². The van der Waals surface area contributed by atoms with Gasteiger partial charge in [-0.1, -0.05) is 23.8 Å². The first-order valence-electron chi connectivity index (χ1n) is 9.97. The molecule has 0 aromatic heterocycles. The lowest BCUT2D eigenvalue weighted by Crippen LogP contribution is -2.42. The van der Waals surface area contributed by atoms with E-state index in [9.17, 15) is 4.79 Å². The van der Waals surface area contributed by atoms with E-state index in [1.165, 1.54) is 0 Å². The number of allylic oxidation sites excluding steroid dienone is 2. The topological polar surface area (TPSA) is 44.8 Å². The molecule has 0 saturated carbocycles. The van der Waals surface area contributed by atoms with Gasteiger partial charge in [0.25, 0.3) is 0 Å². The predicted molar refractivity (Wildman–Crippen MR) is 110 cm³/mol. The van der Waals surface area contributed by atoms with Gasteiger partial charge in [-0.2, -0.15) is 0 Å². The SMILES string of the molecule is O=C(Nc1ccc(Cl)cc1)N(CCCN1CCOCC1)CC1CC=CCC1. The summed E-state index contributed by atoms with van der Waals surface area (Å²) in [6.45, 7) is 6.21. The van der Waals surface area contributed by atoms with Gasteiger partial charge in [0.2, 0.25) is 0 Å². The smallest absolute Gasteiger partial charge is 0.321 e. The number of morpholine rings is 1. The fourth-order valence-electron chi connectivity index (χ4n) is 3.66. The van der Waals surface area contributed by atoms with Gasteiger partial charge >= 0.3 is 6.03 Å². The number of amides is 2. The molecule has 148 valence electrons. The summed E-state index contributed by atoms with van der Waals surface area (Å²) in [5, 5.41) is 3.69. The average Bonchev–Trinajstić information content (AvgIpc) is 2.70. The van der Waals surface area contributed by atoms with Crippen molar-refractivity contribution in [3.05, 3.63) is 41.4 Å². The maximum absolute atomic E-state index is 12.9. The van der Waals surface area contributed by atoms with Crippen molar-refractivity contribution in [2.75, 3.05) is 51.3 Å². The summed E-state index contributed by atoms with van der Waals surface area (Å²) in [5.41, 5.74) is 0.783. The van der Waals surface area contributed by atoms with Crippen LogP contribution in [0.15, 0.2) is 36.4 Å². The van der Waals surface area contributed by atoms with Crippen LogP contribution in [0, 0.1) is 5.92 Å². The highest BCUT2D eigenvalue weighted by Gasteiger charge is 2.20. The van der Waals surface area contributed by atoms with Crippen molar-refractivity contribution in [3.8, 4) is 0 Å². The Kier molecular flexibility index (Phi) is 7.99. The Bertz CT molecular complexity index is 614. The molecule has 6 heteroatoms. The van der Waals surface area contributed by atoms with E-state index in [4.69, 9.17) is 16.3 Å². The van der Waals surface area contributed by atoms with Crippen molar-refractivity contribution in [2.45, 2.75) is 25.7 Å². The van der Waals surface area contributed by atoms with E-state index in [1.807, 2.05) is 17.0 Å². The molecule has 1 unspecified atom stereocenters. The van der Waals surface area contributed by atoms with Gasteiger partial charge in [0.15, 0.2) is 0 Å². The van der Waals surface area contributed by atoms with Crippen LogP contribution in [0.25, 0.3) is 0 Å². The Morgan fingerprint density at radius 2 is 2.00 bits per heavy atom. The summed E-state index contributed by atoms with van der Waals surface area (Å²) in [7, 11) is 0. The molecule has 1 aliphatic heterocycles. The molecule has 1 aliphatic carbocycles. The number of benzene rings is 1. The molecular formula is C21H30ClN3O2. The van der Waals surface area contributed by atoms with Gasteiger partial charge in [-0.3, -0.25) is 4.90 Å². The summed E-state index contributed by atoms with van der Waals surface area (Å²) >= 11 is 5.94. The molecule has 1 aromatic carbocycles. The molecule has 1 heterocycles. The Morgan fingerprint density at radius 1 is 1.22 bits per heavy atom. The van der Waals surface area contributed by atoms with Crippen molar-refractivity contribution in [2.24, 2.45) is 5.92 Å². The van der Waals surface area contributed by atoms with Gasteiger partial charge in [0.05, 0.1) is 13.2 Å². The summed E-state index contributed by atoms with van der Waals surface area (Å²) in [6, 6.07) is 7.26. The Labute approximate surface area is 167 Å². The molecule has 1 N–H and O–H groups in total. The quantitative estimate of drug-likeness (QED) is 0.706. The molecule has 2 aliphatic rings. The Balaban J connectivity index is 1.54. The summed E-state index contributed by atoms with van der Waals surface area (Å²) in [6.07, 6.45) is 8.81. The van der Waals surface area contributed by atoms with Crippen molar-refractivity contribution in [1.29, 1.82) is 0 Å². The standard InChI is InChI=1S/C21H30ClN3O2/c22-19-7-9-20(10-8-19)23-21(26)25(17-18-5-2-1-3-6-18)12-4-11-24-13-15-27-16-14-24/h1-2,7-10,18H,3-6,11-17H2,(H,23,26). The van der Waals surface area contributed by atoms with Crippen molar-refractivity contribution < 1.29 is 9.53 Å². The number of nitrogens with zero attached hydrogens (tertiary/aromatic N) is 2. The minimum atomic E-state index is -0.0196. The third kappa shape index (κ3) is 6.83. The van der Waals surface area contributed by atoms with Gasteiger partial charge < -0.3 is 15.0 Å². The fraction of sp³-hybridized carbons (Fsp3) is 0.571. The second-order valence-corrected chi connectivity index (χ2v) is 7.78. The number of anilines is 1. The molecule has 1 saturated heterocycles. The van der Waals surface area contributed by atoms with Gasteiger partial charge in [0, 0.05) is 43.4 Å². The normalized spacial score (nSPS) is 20.4. The lowest BCUT2D eigenvalue weighted by atomic mass is 9.94. The third-order valence-corrected chi connectivity index (χ3v) is 5.50. The molecule has 3 rings (SSSR count). The molecule has 0 spiro atoms. The van der Waals surface area contributed by atoms with Crippen LogP contribution in [0.5, 0.6) is 0 Å². The molecule has 0 bridgehead atoms. The minimum absolute atomic E-state index is 0.0196. The number of carbonyl (C=O) groups is 1. The lowest BCUT2D eigenvalue weighted by Gasteiger charge is -2.30. The second-order valence-electron chi connectivity index (χ2n) is 7.34. The highest BCUT2D eigenvalue weighted by Crippen LogP contribution is 2.20. The molecule has 1 aromatic rings. The number of hydrogen-bond donors (Lipinski definition) is 1. The van der Waals surface area contributed by atoms with E-state index in [0.717, 1.165) is 77.3 Å². The Hall–Kier alpha value is -1.56. The zero-order chi connectivity index (χ0) is 18.9. The van der Waals surface area contributed by atoms with E-state index in [1.54, 1.807) is 12.1 Å². The third-order valence-electron chi connectivity index (χ3n) is 5.25. The summed E-state index contributed by atoms with van der Waals surface area (Å²) < 4.78 is 5.41. The van der Waals surface area contributed by atoms with Crippen LogP contribution in [0.1, 0.15) is 25.7 Å². The van der Waals surface area contributed by atoms with Crippen molar-refractivity contribution >= 4 is 23.3 Å². The highest BCUT2D eigenvalue weighted by molar-refractivity contribution is 6.30. The number of carbonyl (C=O) groups excluding carboxylic acids is 1. The zero-order valence-corrected chi connectivity index (χ0v) is 16.7. The molecule has 5 nitrogen and oxygen atoms in total. The fourth-order valence-corrected chi connectivity index (χ4v) is 3.78. The van der Waals surface area contributed by atoms with E-state index in [0.29, 0.717) is 10.9 Å². The van der Waals surface area contributed by atoms with Gasteiger partial charge in [-0.15, -0.1) is 0 Å². The minimum Gasteiger partial charge on any atom is -0.379 e. The first-order chi connectivity index (χ1) is 13.2. The van der Waals surface area contributed by atoms with Crippen LogP contribution >= 0.6 is 11.6 Å². The lowest BCUT2D eigenvalue weighted by molar-refractivity contribution is 0.0364. The van der Waals surface area contributed by atoms with E-state index in [-0.39, 0.29) is 6.03 Å². The maximum Gasteiger partial charge on any atom is 0.321 e. The summed E-state index contributed by atoms with van der Waals surface area (Å²) in [4.78, 5) is 17.3. The monoisotopic (exact) mass is 391 g/mol. The van der Waals surface area contributed by atoms with Crippen LogP contribution in [0.2, 0.25) is 5.02 Å². The van der Waals surface area contributed by atoms with Gasteiger partial charge in [0.1, 0.15) is 0 Å². The highest BCUT2D eigenvalue weighted by atomic mass is 35.5. The number of nitrogens with one attached hydrogen (secondary N) is 1. The molecule has 1 atom stereocenters. The van der Waals surface area contributed by atoms with Crippen molar-refractivity contribution in [3.63, 3.8) is 0 Å². The average molecular weight is 392 g/mol. The first-order valence-corrected chi connectivity index (χ1v) is 10.3. The number of rotatable bonds is 7. The zero-order valence-electron chi connectivity index (χ0n) is 15.9. The second kappa shape index (κ2) is 10.7. The number of hydrogen-bond acceptors (Lipinski definition) is 3. The van der Waals surface area contributed by atoms with Crippen LogP contribution in [0.3, 0.4) is 0 Å². The van der Waals surface area contributed by atoms with Crippen LogP contribution in [-0.4, -0.2) is 61.8 Å². The van der Waals surface area contributed by atoms with E-state index >= 15 is 0 Å². The Morgan fingerprint density at radius 3 is 2.70 bits per heavy atom. The first kappa shape index (κ1) is 20.2. The summed E-state index contributed by atoms with van der Waals surface area (Å²) in [5.74, 6) is 0.550. The number of halogens is 1. The van der Waals surface area contributed by atoms with Crippen LogP contribution < -0.4 is 5.32 Å². The number of urea groups is 1. The predicted octanol–water partition coefficient (Wildman–Crippen LogP) is 4.25.